The lowest BCUT2D eigenvalue weighted by molar-refractivity contribution is 0.278. The summed E-state index contributed by atoms with van der Waals surface area (Å²) in [5.74, 6) is 2.50. The number of hydrogen-bond acceptors (Lipinski definition) is 9. The molecule has 2 aliphatic carbocycles. The molecule has 0 fully saturated rings. The minimum Gasteiger partial charge on any atom is -0.484 e. The molecule has 3 atom stereocenters. The van der Waals surface area contributed by atoms with Gasteiger partial charge in [0.1, 0.15) is 38.6 Å². The van der Waals surface area contributed by atoms with E-state index in [1.54, 1.807) is 22.7 Å². The Balaban J connectivity index is 0.815. The maximum Gasteiger partial charge on any atom is 0.140 e. The van der Waals surface area contributed by atoms with Crippen LogP contribution < -0.4 is 4.74 Å². The lowest BCUT2D eigenvalue weighted by Crippen LogP contribution is -2.22. The van der Waals surface area contributed by atoms with Gasteiger partial charge in [0.15, 0.2) is 0 Å². The van der Waals surface area contributed by atoms with Crippen LogP contribution in [0.15, 0.2) is 279 Å². The molecule has 0 bridgehead atoms. The Morgan fingerprint density at radius 3 is 1.68 bits per heavy atom. The van der Waals surface area contributed by atoms with Crippen molar-refractivity contribution in [1.82, 2.24) is 33.6 Å². The predicted octanol–water partition coefficient (Wildman–Crippen LogP) is 20.8. The first-order valence-corrected chi connectivity index (χ1v) is 34.7. The number of fused-ring (bicyclic) bond motifs is 6. The van der Waals surface area contributed by atoms with Gasteiger partial charge < -0.3 is 18.4 Å². The van der Waals surface area contributed by atoms with Crippen LogP contribution in [0.25, 0.3) is 122 Å². The van der Waals surface area contributed by atoms with E-state index in [-0.39, 0.29) is 17.3 Å². The Labute approximate surface area is 562 Å². The maximum absolute atomic E-state index is 7.59. The second-order valence-corrected chi connectivity index (χ2v) is 27.9. The van der Waals surface area contributed by atoms with E-state index in [0.717, 1.165) is 161 Å². The molecule has 0 radical (unpaired) electrons. The number of thiazole rings is 2. The Morgan fingerprint density at radius 1 is 0.505 bits per heavy atom. The van der Waals surface area contributed by atoms with Crippen LogP contribution in [-0.4, -0.2) is 51.3 Å². The van der Waals surface area contributed by atoms with Gasteiger partial charge >= 0.3 is 0 Å². The van der Waals surface area contributed by atoms with E-state index < -0.39 is 0 Å². The molecule has 14 aromatic rings. The summed E-state index contributed by atoms with van der Waals surface area (Å²) in [7, 11) is 4.21. The highest BCUT2D eigenvalue weighted by molar-refractivity contribution is 8.14. The van der Waals surface area contributed by atoms with Crippen LogP contribution in [0.5, 0.6) is 5.75 Å². The minimum atomic E-state index is -0.360. The van der Waals surface area contributed by atoms with Gasteiger partial charge in [-0.2, -0.15) is 0 Å². The zero-order chi connectivity index (χ0) is 63.1. The molecule has 5 aromatic heterocycles. The van der Waals surface area contributed by atoms with Gasteiger partial charge in [0, 0.05) is 76.7 Å². The van der Waals surface area contributed by atoms with Gasteiger partial charge in [0.2, 0.25) is 0 Å². The van der Waals surface area contributed by atoms with Gasteiger partial charge in [-0.3, -0.25) is 4.99 Å². The number of allylic oxidation sites excluding steroid dienone is 6. The Hall–Kier alpha value is -10.8. The molecule has 456 valence electrons. The summed E-state index contributed by atoms with van der Waals surface area (Å²) in [4.78, 5) is 28.2. The number of nitrogens with zero attached hydrogens (tertiary/aromatic N) is 8. The van der Waals surface area contributed by atoms with Crippen molar-refractivity contribution in [3.05, 3.63) is 305 Å². The molecule has 95 heavy (non-hydrogen) atoms. The number of aromatic nitrogens is 7. The maximum atomic E-state index is 7.59. The summed E-state index contributed by atoms with van der Waals surface area (Å²) >= 11 is 5.31. The van der Waals surface area contributed by atoms with E-state index in [0.29, 0.717) is 6.54 Å². The predicted molar refractivity (Wildman–Crippen MR) is 394 cm³/mol. The van der Waals surface area contributed by atoms with Gasteiger partial charge in [-0.05, 0) is 118 Å². The van der Waals surface area contributed by atoms with Crippen molar-refractivity contribution in [2.45, 2.75) is 30.1 Å². The smallest absolute Gasteiger partial charge is 0.140 e. The molecule has 12 heteroatoms. The van der Waals surface area contributed by atoms with Gasteiger partial charge in [0.25, 0.3) is 0 Å². The zero-order valence-corrected chi connectivity index (χ0v) is 54.5. The average Bonchev–Trinajstić information content (AvgIpc) is 1.57. The number of thioether (sulfide) groups is 1. The Bertz CT molecular complexity index is 5330. The van der Waals surface area contributed by atoms with Crippen molar-refractivity contribution in [3.63, 3.8) is 0 Å². The van der Waals surface area contributed by atoms with Crippen LogP contribution in [0, 0.1) is 0 Å². The molecule has 18 rings (SSSR count). The lowest BCUT2D eigenvalue weighted by atomic mass is 9.84. The molecule has 0 saturated carbocycles. The van der Waals surface area contributed by atoms with Crippen molar-refractivity contribution in [2.75, 3.05) is 6.54 Å². The van der Waals surface area contributed by atoms with Gasteiger partial charge in [0.05, 0.1) is 61.9 Å². The van der Waals surface area contributed by atoms with E-state index in [4.69, 9.17) is 29.7 Å². The Morgan fingerprint density at radius 2 is 1.06 bits per heavy atom. The van der Waals surface area contributed by atoms with Gasteiger partial charge in [-0.15, -0.1) is 22.7 Å². The highest BCUT2D eigenvalue weighted by atomic mass is 32.2. The average molecular weight is 1280 g/mol. The minimum absolute atomic E-state index is 0.158. The van der Waals surface area contributed by atoms with E-state index in [2.05, 4.69) is 283 Å². The topological polar surface area (TPSA) is 87.9 Å². The van der Waals surface area contributed by atoms with Crippen LogP contribution in [0.4, 0.5) is 0 Å². The highest BCUT2D eigenvalue weighted by Crippen LogP contribution is 2.54. The molecule has 0 spiro atoms. The third-order valence-electron chi connectivity index (χ3n) is 19.0. The largest absolute Gasteiger partial charge is 0.484 e. The molecule has 4 aliphatic rings. The van der Waals surface area contributed by atoms with Crippen LogP contribution in [0.2, 0.25) is 0 Å². The SMILES string of the molecule is Cn1c(-c2ccccc2)cnc1-c1cccc(-c2ccc3c(c2)c2cc(-c4cccc(-c5ncc(-c6ccccc6)n5C)c4)ccc2n3-c2cc(C3=NCC(c4ccccc4)S3)c3c(c2)C2C=C(c4ncc(C5=CC=CCC5)s4)C=C(c4ncc(-c5ccccc5)s4)C2O3)c1. The summed E-state index contributed by atoms with van der Waals surface area (Å²) in [5.41, 5.74) is 22.1. The fourth-order valence-corrected chi connectivity index (χ4v) is 17.3. The van der Waals surface area contributed by atoms with Crippen molar-refractivity contribution < 1.29 is 4.74 Å². The Kier molecular flexibility index (Phi) is 14.2. The molecule has 2 aliphatic heterocycles. The van der Waals surface area contributed by atoms with E-state index in [1.165, 1.54) is 16.0 Å². The van der Waals surface area contributed by atoms with Crippen molar-refractivity contribution in [3.8, 4) is 89.4 Å². The number of hydrogen-bond donors (Lipinski definition) is 0. The van der Waals surface area contributed by atoms with E-state index in [1.807, 2.05) is 30.4 Å². The first kappa shape index (κ1) is 56.9. The summed E-state index contributed by atoms with van der Waals surface area (Å²) in [6.07, 6.45) is 21.1. The summed E-state index contributed by atoms with van der Waals surface area (Å²) < 4.78 is 14.5. The monoisotopic (exact) mass is 1280 g/mol. The third-order valence-corrected chi connectivity index (χ3v) is 22.5. The molecule has 3 unspecified atom stereocenters. The number of rotatable bonds is 13. The summed E-state index contributed by atoms with van der Waals surface area (Å²) in [5, 5.41) is 5.33. The molecular weight excluding hydrogens is 1220 g/mol. The second kappa shape index (κ2) is 23.7. The normalized spacial score (nSPS) is 16.5. The van der Waals surface area contributed by atoms with Crippen LogP contribution in [-0.2, 0) is 14.1 Å². The van der Waals surface area contributed by atoms with Crippen molar-refractivity contribution in [1.29, 1.82) is 0 Å². The lowest BCUT2D eigenvalue weighted by Gasteiger charge is -2.24. The number of ether oxygens (including phenoxy) is 1. The molecule has 9 aromatic carbocycles. The zero-order valence-electron chi connectivity index (χ0n) is 52.0. The molecule has 7 heterocycles. The number of imidazole rings is 2. The van der Waals surface area contributed by atoms with Crippen LogP contribution in [0.1, 0.15) is 55.6 Å². The van der Waals surface area contributed by atoms with Crippen molar-refractivity contribution in [2.24, 2.45) is 19.1 Å². The van der Waals surface area contributed by atoms with Crippen LogP contribution >= 0.6 is 34.4 Å². The quantitative estimate of drug-likeness (QED) is 0.114. The molecular formula is C83H60N8OS3. The third kappa shape index (κ3) is 10.2. The number of benzene rings is 9. The van der Waals surface area contributed by atoms with E-state index in [9.17, 15) is 0 Å². The highest BCUT2D eigenvalue weighted by Gasteiger charge is 2.43. The van der Waals surface area contributed by atoms with Gasteiger partial charge in [-0.1, -0.05) is 206 Å². The summed E-state index contributed by atoms with van der Waals surface area (Å²) in [6.45, 7) is 0.664. The fourth-order valence-electron chi connectivity index (χ4n) is 14.2. The fraction of sp³-hybridized carbons (Fsp3) is 0.0964. The molecule has 0 N–H and O–H groups in total. The molecule has 0 saturated heterocycles. The summed E-state index contributed by atoms with van der Waals surface area (Å²) in [6, 6.07) is 78.7. The molecule has 0 amide bonds. The standard InChI is InChI=1S/C83H60N8OS3/c1-89-72(51-20-8-3-9-21-51)46-84-79(89)60-32-18-30-56(38-60)58-34-36-70-64(40-58)65-41-59(57-31-19-33-61(39-57)80-85-47-73(90(80)2)52-22-10-4-11-23-52)35-37-71(65)91(70)63-44-67-66-42-62(81-86-48-74(93-81)53-24-12-5-13-25-53)43-68(82-87-49-75(94-82)54-26-14-6-15-27-54)77(66)92-78(67)69(45-63)83-88-50-76(95-83)55-28-16-7-17-29-55/h3-12,14-24,26-49,66,76-77H,13,25,50H2,1-2H3. The first-order valence-electron chi connectivity index (χ1n) is 32.2. The van der Waals surface area contributed by atoms with Crippen molar-refractivity contribution >= 4 is 78.0 Å². The second-order valence-electron chi connectivity index (χ2n) is 24.7. The first-order chi connectivity index (χ1) is 46.9. The van der Waals surface area contributed by atoms with Crippen LogP contribution in [0.3, 0.4) is 0 Å². The number of aliphatic imine (C=N–C) groups is 1. The van der Waals surface area contributed by atoms with E-state index >= 15 is 0 Å². The molecule has 9 nitrogen and oxygen atoms in total. The van der Waals surface area contributed by atoms with Gasteiger partial charge in [-0.25, -0.2) is 19.9 Å².